The lowest BCUT2D eigenvalue weighted by Crippen LogP contribution is -2.32. The summed E-state index contributed by atoms with van der Waals surface area (Å²) in [5.74, 6) is 1.90. The number of hydrogen-bond acceptors (Lipinski definition) is 5. The number of thioether (sulfide) groups is 1. The standard InChI is InChI=1S/C23H27N5OS/c1-16(23(29)25-19-11-5-6-12-20(19)30-2)24-18-10-8-9-17(15-18)22-27-26-21-13-4-3-7-14-28(21)22/h5-6,8-12,15-16,24H,3-4,7,13-14H2,1-2H3,(H,25,29)/t16-/m0/s1. The van der Waals surface area contributed by atoms with E-state index in [0.29, 0.717) is 0 Å². The summed E-state index contributed by atoms with van der Waals surface area (Å²) in [6, 6.07) is 15.5. The zero-order valence-corrected chi connectivity index (χ0v) is 18.2. The van der Waals surface area contributed by atoms with E-state index in [-0.39, 0.29) is 11.9 Å². The minimum Gasteiger partial charge on any atom is -0.374 e. The minimum atomic E-state index is -0.384. The van der Waals surface area contributed by atoms with E-state index in [4.69, 9.17) is 0 Å². The maximum absolute atomic E-state index is 12.7. The fourth-order valence-electron chi connectivity index (χ4n) is 3.75. The Bertz CT molecular complexity index is 1030. The molecule has 6 nitrogen and oxygen atoms in total. The van der Waals surface area contributed by atoms with Crippen LogP contribution in [0.2, 0.25) is 0 Å². The number of para-hydroxylation sites is 1. The van der Waals surface area contributed by atoms with Crippen molar-refractivity contribution in [2.75, 3.05) is 16.9 Å². The van der Waals surface area contributed by atoms with Gasteiger partial charge >= 0.3 is 0 Å². The molecule has 1 aromatic heterocycles. The summed E-state index contributed by atoms with van der Waals surface area (Å²) in [5.41, 5.74) is 2.74. The molecular weight excluding hydrogens is 394 g/mol. The molecule has 2 heterocycles. The average Bonchev–Trinajstić information content (AvgIpc) is 3.02. The van der Waals surface area contributed by atoms with Crippen molar-refractivity contribution in [1.82, 2.24) is 14.8 Å². The molecule has 2 aromatic carbocycles. The zero-order valence-electron chi connectivity index (χ0n) is 17.4. The predicted molar refractivity (Wildman–Crippen MR) is 123 cm³/mol. The highest BCUT2D eigenvalue weighted by molar-refractivity contribution is 7.98. The molecule has 0 saturated carbocycles. The van der Waals surface area contributed by atoms with Crippen molar-refractivity contribution < 1.29 is 4.79 Å². The van der Waals surface area contributed by atoms with Crippen LogP contribution >= 0.6 is 11.8 Å². The Hall–Kier alpha value is -2.80. The van der Waals surface area contributed by atoms with Crippen molar-refractivity contribution in [2.24, 2.45) is 0 Å². The maximum atomic E-state index is 12.7. The third-order valence-electron chi connectivity index (χ3n) is 5.37. The Kier molecular flexibility index (Phi) is 6.38. The Morgan fingerprint density at radius 3 is 2.83 bits per heavy atom. The lowest BCUT2D eigenvalue weighted by Gasteiger charge is -2.17. The molecule has 7 heteroatoms. The number of aromatic nitrogens is 3. The highest BCUT2D eigenvalue weighted by Crippen LogP contribution is 2.26. The summed E-state index contributed by atoms with van der Waals surface area (Å²) in [5, 5.41) is 15.2. The molecule has 0 bridgehead atoms. The number of carbonyl (C=O) groups is 1. The molecule has 0 saturated heterocycles. The van der Waals surface area contributed by atoms with Gasteiger partial charge in [0.25, 0.3) is 0 Å². The molecule has 0 radical (unpaired) electrons. The van der Waals surface area contributed by atoms with E-state index < -0.39 is 0 Å². The van der Waals surface area contributed by atoms with E-state index in [0.717, 1.165) is 52.9 Å². The molecule has 0 unspecified atom stereocenters. The molecular formula is C23H27N5OS. The van der Waals surface area contributed by atoms with E-state index in [1.165, 1.54) is 12.8 Å². The maximum Gasteiger partial charge on any atom is 0.246 e. The number of hydrogen-bond donors (Lipinski definition) is 2. The van der Waals surface area contributed by atoms with Crippen molar-refractivity contribution in [1.29, 1.82) is 0 Å². The third-order valence-corrected chi connectivity index (χ3v) is 6.17. The predicted octanol–water partition coefficient (Wildman–Crippen LogP) is 4.83. The zero-order chi connectivity index (χ0) is 20.9. The first-order valence-electron chi connectivity index (χ1n) is 10.4. The summed E-state index contributed by atoms with van der Waals surface area (Å²) in [7, 11) is 0. The molecule has 0 fully saturated rings. The normalized spacial score (nSPS) is 14.5. The Morgan fingerprint density at radius 2 is 1.97 bits per heavy atom. The lowest BCUT2D eigenvalue weighted by molar-refractivity contribution is -0.116. The molecule has 1 atom stereocenters. The number of aryl methyl sites for hydroxylation is 1. The minimum absolute atomic E-state index is 0.0711. The van der Waals surface area contributed by atoms with E-state index in [1.807, 2.05) is 61.7 Å². The second-order valence-electron chi connectivity index (χ2n) is 7.54. The van der Waals surface area contributed by atoms with Gasteiger partial charge in [-0.15, -0.1) is 22.0 Å². The van der Waals surface area contributed by atoms with E-state index in [2.05, 4.69) is 25.4 Å². The molecule has 0 spiro atoms. The first-order valence-corrected chi connectivity index (χ1v) is 11.6. The molecule has 1 aliphatic rings. The first kappa shape index (κ1) is 20.5. The number of fused-ring (bicyclic) bond motifs is 1. The summed E-state index contributed by atoms with van der Waals surface area (Å²) >= 11 is 1.62. The highest BCUT2D eigenvalue weighted by atomic mass is 32.2. The van der Waals surface area contributed by atoms with Crippen LogP contribution in [-0.4, -0.2) is 33.0 Å². The largest absolute Gasteiger partial charge is 0.374 e. The van der Waals surface area contributed by atoms with E-state index in [9.17, 15) is 4.79 Å². The monoisotopic (exact) mass is 421 g/mol. The second-order valence-corrected chi connectivity index (χ2v) is 8.39. The van der Waals surface area contributed by atoms with Gasteiger partial charge in [0, 0.05) is 29.1 Å². The van der Waals surface area contributed by atoms with E-state index in [1.54, 1.807) is 11.8 Å². The third kappa shape index (κ3) is 4.51. The van der Waals surface area contributed by atoms with Crippen molar-refractivity contribution in [3.8, 4) is 11.4 Å². The van der Waals surface area contributed by atoms with Crippen molar-refractivity contribution in [3.05, 3.63) is 54.4 Å². The molecule has 2 N–H and O–H groups in total. The number of nitrogens with one attached hydrogen (secondary N) is 2. The van der Waals surface area contributed by atoms with Gasteiger partial charge in [-0.05, 0) is 50.3 Å². The van der Waals surface area contributed by atoms with Crippen LogP contribution in [0.3, 0.4) is 0 Å². The highest BCUT2D eigenvalue weighted by Gasteiger charge is 2.18. The first-order chi connectivity index (χ1) is 14.7. The number of benzene rings is 2. The smallest absolute Gasteiger partial charge is 0.246 e. The van der Waals surface area contributed by atoms with Crippen LogP contribution in [0.25, 0.3) is 11.4 Å². The van der Waals surface area contributed by atoms with Gasteiger partial charge in [-0.25, -0.2) is 0 Å². The molecule has 30 heavy (non-hydrogen) atoms. The van der Waals surface area contributed by atoms with Crippen LogP contribution in [0.1, 0.15) is 32.0 Å². The Balaban J connectivity index is 1.48. The summed E-state index contributed by atoms with van der Waals surface area (Å²) in [6.45, 7) is 2.83. The van der Waals surface area contributed by atoms with Crippen LogP contribution < -0.4 is 10.6 Å². The number of carbonyl (C=O) groups excluding carboxylic acids is 1. The summed E-state index contributed by atoms with van der Waals surface area (Å²) in [6.07, 6.45) is 6.55. The number of amides is 1. The van der Waals surface area contributed by atoms with Gasteiger partial charge in [-0.2, -0.15) is 0 Å². The summed E-state index contributed by atoms with van der Waals surface area (Å²) < 4.78 is 2.24. The molecule has 1 aliphatic heterocycles. The topological polar surface area (TPSA) is 71.8 Å². The number of anilines is 2. The average molecular weight is 422 g/mol. The fraction of sp³-hybridized carbons (Fsp3) is 0.348. The van der Waals surface area contributed by atoms with Crippen LogP contribution in [-0.2, 0) is 17.8 Å². The quantitative estimate of drug-likeness (QED) is 0.558. The van der Waals surface area contributed by atoms with Crippen molar-refractivity contribution in [2.45, 2.75) is 50.1 Å². The Labute approximate surface area is 181 Å². The van der Waals surface area contributed by atoms with Gasteiger partial charge in [0.1, 0.15) is 11.9 Å². The van der Waals surface area contributed by atoms with E-state index >= 15 is 0 Å². The summed E-state index contributed by atoms with van der Waals surface area (Å²) in [4.78, 5) is 13.8. The van der Waals surface area contributed by atoms with Gasteiger partial charge in [-0.1, -0.05) is 30.7 Å². The molecule has 0 aliphatic carbocycles. The molecule has 4 rings (SSSR count). The molecule has 1 amide bonds. The second kappa shape index (κ2) is 9.34. The van der Waals surface area contributed by atoms with Gasteiger partial charge in [0.15, 0.2) is 5.82 Å². The van der Waals surface area contributed by atoms with Gasteiger partial charge in [0.05, 0.1) is 5.69 Å². The van der Waals surface area contributed by atoms with Crippen LogP contribution in [0, 0.1) is 0 Å². The number of rotatable bonds is 6. The Morgan fingerprint density at radius 1 is 1.10 bits per heavy atom. The van der Waals surface area contributed by atoms with Gasteiger partial charge in [-0.3, -0.25) is 4.79 Å². The van der Waals surface area contributed by atoms with Crippen LogP contribution in [0.5, 0.6) is 0 Å². The van der Waals surface area contributed by atoms with Gasteiger partial charge in [0.2, 0.25) is 5.91 Å². The SMILES string of the molecule is CSc1ccccc1NC(=O)[C@H](C)Nc1cccc(-c2nnc3n2CCCCC3)c1. The fourth-order valence-corrected chi connectivity index (χ4v) is 4.30. The molecule has 156 valence electrons. The number of nitrogens with zero attached hydrogens (tertiary/aromatic N) is 3. The van der Waals surface area contributed by atoms with Crippen molar-refractivity contribution >= 4 is 29.0 Å². The lowest BCUT2D eigenvalue weighted by atomic mass is 10.1. The molecule has 3 aromatic rings. The van der Waals surface area contributed by atoms with Crippen LogP contribution in [0.4, 0.5) is 11.4 Å². The van der Waals surface area contributed by atoms with Crippen molar-refractivity contribution in [3.63, 3.8) is 0 Å². The van der Waals surface area contributed by atoms with Crippen LogP contribution in [0.15, 0.2) is 53.4 Å². The van der Waals surface area contributed by atoms with Gasteiger partial charge < -0.3 is 15.2 Å².